The van der Waals surface area contributed by atoms with Gasteiger partial charge >= 0.3 is 0 Å². The Morgan fingerprint density at radius 3 is 2.82 bits per heavy atom. The van der Waals surface area contributed by atoms with E-state index >= 15 is 0 Å². The lowest BCUT2D eigenvalue weighted by molar-refractivity contribution is -0.133. The third kappa shape index (κ3) is 4.07. The maximum atomic E-state index is 11.6. The first-order valence-electron chi connectivity index (χ1n) is 5.17. The fourth-order valence-corrected chi connectivity index (χ4v) is 1.37. The fourth-order valence-electron chi connectivity index (χ4n) is 1.23. The number of amides is 2. The van der Waals surface area contributed by atoms with Gasteiger partial charge in [-0.25, -0.2) is 0 Å². The Morgan fingerprint density at radius 1 is 1.65 bits per heavy atom. The highest BCUT2D eigenvalue weighted by Crippen LogP contribution is 2.04. The van der Waals surface area contributed by atoms with Crippen molar-refractivity contribution in [3.8, 4) is 0 Å². The number of likely N-dealkylation sites (N-methyl/N-ethyl adjacent to an activating group) is 1. The van der Waals surface area contributed by atoms with E-state index in [0.717, 1.165) is 0 Å². The quantitative estimate of drug-likeness (QED) is 0.803. The van der Waals surface area contributed by atoms with Crippen molar-refractivity contribution in [2.24, 2.45) is 0 Å². The van der Waals surface area contributed by atoms with Crippen LogP contribution in [0.1, 0.15) is 13.8 Å². The van der Waals surface area contributed by atoms with Crippen LogP contribution in [0.3, 0.4) is 0 Å². The molecule has 94 valence electrons. The van der Waals surface area contributed by atoms with Gasteiger partial charge in [0.25, 0.3) is 0 Å². The van der Waals surface area contributed by atoms with E-state index in [1.54, 1.807) is 13.8 Å². The first-order chi connectivity index (χ1) is 8.04. The summed E-state index contributed by atoms with van der Waals surface area (Å²) < 4.78 is 4.57. The number of carbonyl (C=O) groups excluding carboxylic acids is 2. The van der Waals surface area contributed by atoms with E-state index in [1.165, 1.54) is 17.2 Å². The third-order valence-electron chi connectivity index (χ3n) is 2.07. The number of hydrogen-bond donors (Lipinski definition) is 1. The predicted molar refractivity (Wildman–Crippen MR) is 62.7 cm³/mol. The number of carbonyl (C=O) groups is 2. The van der Waals surface area contributed by atoms with Crippen molar-refractivity contribution in [1.82, 2.24) is 10.1 Å². The molecule has 0 radical (unpaired) electrons. The van der Waals surface area contributed by atoms with Crippen LogP contribution < -0.4 is 5.32 Å². The summed E-state index contributed by atoms with van der Waals surface area (Å²) >= 11 is 5.68. The van der Waals surface area contributed by atoms with Crippen molar-refractivity contribution in [3.63, 3.8) is 0 Å². The van der Waals surface area contributed by atoms with Crippen LogP contribution in [0.25, 0.3) is 0 Å². The zero-order valence-corrected chi connectivity index (χ0v) is 10.4. The van der Waals surface area contributed by atoms with Crippen molar-refractivity contribution < 1.29 is 14.1 Å². The molecule has 0 saturated carbocycles. The van der Waals surface area contributed by atoms with Gasteiger partial charge in [-0.05, 0) is 13.8 Å². The van der Waals surface area contributed by atoms with E-state index < -0.39 is 5.38 Å². The molecule has 6 nitrogen and oxygen atoms in total. The van der Waals surface area contributed by atoms with Gasteiger partial charge in [0.05, 0.1) is 6.54 Å². The second-order valence-electron chi connectivity index (χ2n) is 3.40. The van der Waals surface area contributed by atoms with Crippen molar-refractivity contribution in [2.75, 3.05) is 18.4 Å². The highest BCUT2D eigenvalue weighted by Gasteiger charge is 2.19. The predicted octanol–water partition coefficient (Wildman–Crippen LogP) is 1.09. The molecule has 2 amide bonds. The molecule has 0 fully saturated rings. The molecule has 1 N–H and O–H groups in total. The van der Waals surface area contributed by atoms with Crippen LogP contribution in [0.5, 0.6) is 0 Å². The van der Waals surface area contributed by atoms with Crippen molar-refractivity contribution >= 4 is 29.2 Å². The smallest absolute Gasteiger partial charge is 0.245 e. The maximum absolute atomic E-state index is 11.6. The minimum Gasteiger partial charge on any atom is -0.363 e. The van der Waals surface area contributed by atoms with Gasteiger partial charge in [-0.2, -0.15) is 0 Å². The third-order valence-corrected chi connectivity index (χ3v) is 2.26. The molecular formula is C10H14ClN3O3. The Hall–Kier alpha value is -1.56. The molecule has 1 rings (SSSR count). The Bertz CT molecular complexity index is 378. The van der Waals surface area contributed by atoms with Crippen LogP contribution in [0.2, 0.25) is 0 Å². The second kappa shape index (κ2) is 6.24. The molecule has 0 aliphatic heterocycles. The summed E-state index contributed by atoms with van der Waals surface area (Å²) in [6, 6.07) is 1.51. The van der Waals surface area contributed by atoms with Gasteiger partial charge in [-0.1, -0.05) is 5.16 Å². The number of rotatable bonds is 5. The van der Waals surface area contributed by atoms with Gasteiger partial charge in [0.1, 0.15) is 11.6 Å². The second-order valence-corrected chi connectivity index (χ2v) is 4.06. The largest absolute Gasteiger partial charge is 0.363 e. The lowest BCUT2D eigenvalue weighted by atomic mass is 10.3. The summed E-state index contributed by atoms with van der Waals surface area (Å²) in [4.78, 5) is 24.5. The van der Waals surface area contributed by atoms with Gasteiger partial charge in [-0.3, -0.25) is 9.59 Å². The molecule has 1 aromatic heterocycles. The van der Waals surface area contributed by atoms with Crippen LogP contribution in [0.15, 0.2) is 16.9 Å². The average Bonchev–Trinajstić information content (AvgIpc) is 2.77. The number of hydrogen-bond acceptors (Lipinski definition) is 4. The molecule has 0 spiro atoms. The number of alkyl halides is 1. The summed E-state index contributed by atoms with van der Waals surface area (Å²) in [5.41, 5.74) is 0. The van der Waals surface area contributed by atoms with Crippen LogP contribution >= 0.6 is 11.6 Å². The Labute approximate surface area is 104 Å². The summed E-state index contributed by atoms with van der Waals surface area (Å²) in [5, 5.41) is 5.39. The summed E-state index contributed by atoms with van der Waals surface area (Å²) in [6.45, 7) is 3.71. The number of anilines is 1. The summed E-state index contributed by atoms with van der Waals surface area (Å²) in [7, 11) is 0. The Morgan fingerprint density at radius 2 is 2.35 bits per heavy atom. The van der Waals surface area contributed by atoms with E-state index in [9.17, 15) is 9.59 Å². The molecule has 1 unspecified atom stereocenters. The van der Waals surface area contributed by atoms with Gasteiger partial charge in [0.15, 0.2) is 5.82 Å². The van der Waals surface area contributed by atoms with Crippen LogP contribution in [-0.2, 0) is 9.59 Å². The van der Waals surface area contributed by atoms with Gasteiger partial charge in [0.2, 0.25) is 11.8 Å². The van der Waals surface area contributed by atoms with Crippen molar-refractivity contribution in [1.29, 1.82) is 0 Å². The maximum Gasteiger partial charge on any atom is 0.245 e. The zero-order chi connectivity index (χ0) is 12.8. The number of nitrogens with zero attached hydrogens (tertiary/aromatic N) is 2. The van der Waals surface area contributed by atoms with E-state index in [4.69, 9.17) is 11.6 Å². The lowest BCUT2D eigenvalue weighted by Crippen LogP contribution is -2.41. The molecule has 17 heavy (non-hydrogen) atoms. The van der Waals surface area contributed by atoms with Crippen LogP contribution in [-0.4, -0.2) is 40.3 Å². The Balaban J connectivity index is 2.51. The van der Waals surface area contributed by atoms with E-state index in [-0.39, 0.29) is 18.4 Å². The molecule has 0 aliphatic carbocycles. The summed E-state index contributed by atoms with van der Waals surface area (Å²) in [5.74, 6) is -0.298. The van der Waals surface area contributed by atoms with E-state index in [2.05, 4.69) is 15.0 Å². The lowest BCUT2D eigenvalue weighted by Gasteiger charge is -2.21. The molecule has 0 saturated heterocycles. The van der Waals surface area contributed by atoms with E-state index in [1.807, 2.05) is 0 Å². The van der Waals surface area contributed by atoms with Crippen LogP contribution in [0, 0.1) is 0 Å². The highest BCUT2D eigenvalue weighted by molar-refractivity contribution is 6.30. The molecule has 0 aliphatic rings. The summed E-state index contributed by atoms with van der Waals surface area (Å²) in [6.07, 6.45) is 1.35. The molecule has 0 aromatic carbocycles. The molecule has 7 heteroatoms. The monoisotopic (exact) mass is 259 g/mol. The average molecular weight is 260 g/mol. The highest BCUT2D eigenvalue weighted by atomic mass is 35.5. The number of nitrogens with one attached hydrogen (secondary N) is 1. The SMILES string of the molecule is CCN(CC(=O)Nc1ccon1)C(=O)C(C)Cl. The van der Waals surface area contributed by atoms with E-state index in [0.29, 0.717) is 12.4 Å². The fraction of sp³-hybridized carbons (Fsp3) is 0.500. The minimum absolute atomic E-state index is 0.0563. The molecule has 1 atom stereocenters. The standard InChI is InChI=1S/C10H14ClN3O3/c1-3-14(10(16)7(2)11)6-9(15)12-8-4-5-17-13-8/h4-5,7H,3,6H2,1-2H3,(H,12,13,15). The molecule has 1 aromatic rings. The van der Waals surface area contributed by atoms with Gasteiger partial charge < -0.3 is 14.7 Å². The number of aromatic nitrogens is 1. The Kier molecular flexibility index (Phi) is 4.96. The zero-order valence-electron chi connectivity index (χ0n) is 9.64. The van der Waals surface area contributed by atoms with Gasteiger partial charge in [0, 0.05) is 12.6 Å². The first-order valence-corrected chi connectivity index (χ1v) is 5.61. The molecule has 1 heterocycles. The minimum atomic E-state index is -0.644. The molecular weight excluding hydrogens is 246 g/mol. The van der Waals surface area contributed by atoms with Crippen molar-refractivity contribution in [2.45, 2.75) is 19.2 Å². The first kappa shape index (κ1) is 13.5. The normalized spacial score (nSPS) is 11.9. The van der Waals surface area contributed by atoms with Crippen molar-refractivity contribution in [3.05, 3.63) is 12.3 Å². The number of halogens is 1. The van der Waals surface area contributed by atoms with Gasteiger partial charge in [-0.15, -0.1) is 11.6 Å². The molecule has 0 bridgehead atoms. The topological polar surface area (TPSA) is 75.4 Å². The van der Waals surface area contributed by atoms with Crippen LogP contribution in [0.4, 0.5) is 5.82 Å².